The van der Waals surface area contributed by atoms with Gasteiger partial charge >= 0.3 is 0 Å². The second-order valence-electron chi connectivity index (χ2n) is 2.72. The van der Waals surface area contributed by atoms with Crippen LogP contribution in [0.2, 0.25) is 0 Å². The third-order valence-electron chi connectivity index (χ3n) is 1.81. The second-order valence-corrected chi connectivity index (χ2v) is 2.72. The molecule has 0 aromatic rings. The molecule has 0 aromatic carbocycles. The van der Waals surface area contributed by atoms with Gasteiger partial charge in [0.05, 0.1) is 0 Å². The highest BCUT2D eigenvalue weighted by Gasteiger charge is 2.12. The van der Waals surface area contributed by atoms with E-state index in [-0.39, 0.29) is 11.9 Å². The van der Waals surface area contributed by atoms with Crippen LogP contribution < -0.4 is 11.5 Å². The number of carbonyl (C=O) groups excluding carboxylic acids is 1. The van der Waals surface area contributed by atoms with Gasteiger partial charge in [0.15, 0.2) is 0 Å². The number of carbonyl (C=O) groups is 1. The molecule has 0 aliphatic heterocycles. The molecule has 0 saturated carbocycles. The molecule has 0 aliphatic rings. The largest absolute Gasteiger partial charge is 0.370 e. The molecule has 0 spiro atoms. The molecule has 2 atom stereocenters. The molecule has 3 heteroatoms. The van der Waals surface area contributed by atoms with E-state index in [1.54, 1.807) is 0 Å². The summed E-state index contributed by atoms with van der Waals surface area (Å²) in [5, 5.41) is 0. The molecule has 3 nitrogen and oxygen atoms in total. The molecule has 0 fully saturated rings. The Morgan fingerprint density at radius 1 is 1.60 bits per heavy atom. The molecular weight excluding hydrogens is 128 g/mol. The monoisotopic (exact) mass is 144 g/mol. The van der Waals surface area contributed by atoms with Crippen LogP contribution in [0.1, 0.15) is 26.7 Å². The molecule has 0 aromatic heterocycles. The Balaban J connectivity index is 3.61. The Morgan fingerprint density at radius 2 is 2.10 bits per heavy atom. The van der Waals surface area contributed by atoms with Crippen molar-refractivity contribution in [2.24, 2.45) is 17.4 Å². The van der Waals surface area contributed by atoms with Crippen LogP contribution in [-0.2, 0) is 4.79 Å². The van der Waals surface area contributed by atoms with E-state index in [0.717, 1.165) is 6.42 Å². The maximum atomic E-state index is 10.4. The molecule has 0 rings (SSSR count). The molecule has 4 N–H and O–H groups in total. The minimum atomic E-state index is -0.312. The summed E-state index contributed by atoms with van der Waals surface area (Å²) in [6.07, 6.45) is 1.30. The minimum Gasteiger partial charge on any atom is -0.370 e. The fraction of sp³-hybridized carbons (Fsp3) is 0.857. The van der Waals surface area contributed by atoms with Crippen molar-refractivity contribution in [1.82, 2.24) is 0 Å². The first-order valence-corrected chi connectivity index (χ1v) is 3.61. The van der Waals surface area contributed by atoms with Gasteiger partial charge in [-0.25, -0.2) is 0 Å². The van der Waals surface area contributed by atoms with Crippen LogP contribution in [-0.4, -0.2) is 11.9 Å². The number of primary amides is 1. The Kier molecular flexibility index (Phi) is 4.03. The summed E-state index contributed by atoms with van der Waals surface area (Å²) in [7, 11) is 0. The van der Waals surface area contributed by atoms with Crippen molar-refractivity contribution < 1.29 is 4.79 Å². The average molecular weight is 144 g/mol. The minimum absolute atomic E-state index is 0.0671. The lowest BCUT2D eigenvalue weighted by atomic mass is 9.97. The maximum Gasteiger partial charge on any atom is 0.218 e. The highest BCUT2D eigenvalue weighted by atomic mass is 16.1. The van der Waals surface area contributed by atoms with Crippen LogP contribution in [0.3, 0.4) is 0 Å². The first-order chi connectivity index (χ1) is 4.57. The third-order valence-corrected chi connectivity index (χ3v) is 1.81. The lowest BCUT2D eigenvalue weighted by Crippen LogP contribution is -2.32. The summed E-state index contributed by atoms with van der Waals surface area (Å²) >= 11 is 0. The van der Waals surface area contributed by atoms with Gasteiger partial charge in [-0.1, -0.05) is 20.3 Å². The van der Waals surface area contributed by atoms with E-state index in [0.29, 0.717) is 12.3 Å². The van der Waals surface area contributed by atoms with Crippen molar-refractivity contribution in [2.75, 3.05) is 0 Å². The normalized spacial score (nSPS) is 16.3. The quantitative estimate of drug-likeness (QED) is 0.593. The zero-order valence-corrected chi connectivity index (χ0v) is 6.63. The third kappa shape index (κ3) is 3.45. The topological polar surface area (TPSA) is 69.1 Å². The predicted octanol–water partition coefficient (Wildman–Crippen LogP) is 0.235. The van der Waals surface area contributed by atoms with Gasteiger partial charge in [0.25, 0.3) is 0 Å². The fourth-order valence-corrected chi connectivity index (χ4v) is 0.736. The Morgan fingerprint density at radius 3 is 2.40 bits per heavy atom. The first-order valence-electron chi connectivity index (χ1n) is 3.61. The Bertz CT molecular complexity index is 114. The second kappa shape index (κ2) is 4.28. The van der Waals surface area contributed by atoms with E-state index in [1.165, 1.54) is 0 Å². The highest BCUT2D eigenvalue weighted by Crippen LogP contribution is 2.07. The summed E-state index contributed by atoms with van der Waals surface area (Å²) in [6.45, 7) is 4.07. The number of amides is 1. The summed E-state index contributed by atoms with van der Waals surface area (Å²) in [6, 6.07) is -0.0671. The van der Waals surface area contributed by atoms with Gasteiger partial charge in [0.2, 0.25) is 5.91 Å². The summed E-state index contributed by atoms with van der Waals surface area (Å²) < 4.78 is 0. The molecule has 60 valence electrons. The standard InChI is InChI=1S/C7H16N2O/c1-3-5(2)6(8)4-7(9)10/h5-6H,3-4,8H2,1-2H3,(H2,9,10)/t5?,6-/m0/s1. The smallest absolute Gasteiger partial charge is 0.218 e. The van der Waals surface area contributed by atoms with Gasteiger partial charge in [-0.2, -0.15) is 0 Å². The SMILES string of the molecule is CCC(C)[C@@H](N)CC(N)=O. The van der Waals surface area contributed by atoms with E-state index in [9.17, 15) is 4.79 Å². The van der Waals surface area contributed by atoms with E-state index in [1.807, 2.05) is 13.8 Å². The summed E-state index contributed by atoms with van der Waals surface area (Å²) in [4.78, 5) is 10.4. The molecule has 0 bridgehead atoms. The van der Waals surface area contributed by atoms with Crippen LogP contribution in [0, 0.1) is 5.92 Å². The molecule has 0 saturated heterocycles. The van der Waals surface area contributed by atoms with Crippen molar-refractivity contribution in [3.8, 4) is 0 Å². The van der Waals surface area contributed by atoms with Crippen molar-refractivity contribution in [1.29, 1.82) is 0 Å². The van der Waals surface area contributed by atoms with Gasteiger partial charge < -0.3 is 11.5 Å². The maximum absolute atomic E-state index is 10.4. The molecule has 1 amide bonds. The van der Waals surface area contributed by atoms with Crippen molar-refractivity contribution in [2.45, 2.75) is 32.7 Å². The van der Waals surface area contributed by atoms with Crippen molar-refractivity contribution in [3.63, 3.8) is 0 Å². The van der Waals surface area contributed by atoms with Crippen molar-refractivity contribution >= 4 is 5.91 Å². The van der Waals surface area contributed by atoms with Crippen LogP contribution in [0.4, 0.5) is 0 Å². The lowest BCUT2D eigenvalue weighted by Gasteiger charge is -2.15. The highest BCUT2D eigenvalue weighted by molar-refractivity contribution is 5.74. The van der Waals surface area contributed by atoms with E-state index >= 15 is 0 Å². The molecule has 1 unspecified atom stereocenters. The van der Waals surface area contributed by atoms with Crippen molar-refractivity contribution in [3.05, 3.63) is 0 Å². The summed E-state index contributed by atoms with van der Waals surface area (Å²) in [5.41, 5.74) is 10.6. The number of hydrogen-bond acceptors (Lipinski definition) is 2. The molecule has 0 aliphatic carbocycles. The Labute approximate surface area is 61.8 Å². The van der Waals surface area contributed by atoms with Crippen LogP contribution in [0.15, 0.2) is 0 Å². The first kappa shape index (κ1) is 9.43. The van der Waals surface area contributed by atoms with Crippen LogP contribution in [0.25, 0.3) is 0 Å². The molecule has 10 heavy (non-hydrogen) atoms. The van der Waals surface area contributed by atoms with Crippen LogP contribution >= 0.6 is 0 Å². The lowest BCUT2D eigenvalue weighted by molar-refractivity contribution is -0.118. The predicted molar refractivity (Wildman–Crippen MR) is 41.2 cm³/mol. The van der Waals surface area contributed by atoms with E-state index in [2.05, 4.69) is 0 Å². The average Bonchev–Trinajstić information content (AvgIpc) is 1.85. The van der Waals surface area contributed by atoms with E-state index < -0.39 is 0 Å². The molecule has 0 heterocycles. The van der Waals surface area contributed by atoms with Crippen LogP contribution in [0.5, 0.6) is 0 Å². The number of hydrogen-bond donors (Lipinski definition) is 2. The van der Waals surface area contributed by atoms with Gasteiger partial charge in [-0.05, 0) is 5.92 Å². The number of nitrogens with two attached hydrogens (primary N) is 2. The Hall–Kier alpha value is -0.570. The zero-order valence-electron chi connectivity index (χ0n) is 6.63. The fourth-order valence-electron chi connectivity index (χ4n) is 0.736. The molecular formula is C7H16N2O. The van der Waals surface area contributed by atoms with E-state index in [4.69, 9.17) is 11.5 Å². The molecule has 0 radical (unpaired) electrons. The van der Waals surface area contributed by atoms with Gasteiger partial charge in [0.1, 0.15) is 0 Å². The number of rotatable bonds is 4. The van der Waals surface area contributed by atoms with Gasteiger partial charge in [-0.15, -0.1) is 0 Å². The zero-order chi connectivity index (χ0) is 8.15. The van der Waals surface area contributed by atoms with Gasteiger partial charge in [-0.3, -0.25) is 4.79 Å². The summed E-state index contributed by atoms with van der Waals surface area (Å²) in [5.74, 6) is 0.0697. The van der Waals surface area contributed by atoms with Gasteiger partial charge in [0, 0.05) is 12.5 Å².